The van der Waals surface area contributed by atoms with Crippen molar-refractivity contribution < 1.29 is 0 Å². The minimum atomic E-state index is 0.428. The highest BCUT2D eigenvalue weighted by Gasteiger charge is 2.05. The molecule has 20 heavy (non-hydrogen) atoms. The quantitative estimate of drug-likeness (QED) is 0.619. The molecule has 2 aromatic rings. The topological polar surface area (TPSA) is 0 Å². The first-order valence-corrected chi connectivity index (χ1v) is 7.62. The summed E-state index contributed by atoms with van der Waals surface area (Å²) in [5, 5.41) is 0. The van der Waals surface area contributed by atoms with Crippen LogP contribution in [0, 0.1) is 0 Å². The molecule has 0 atom stereocenters. The van der Waals surface area contributed by atoms with Crippen LogP contribution in [0.25, 0.3) is 0 Å². The molecule has 0 unspecified atom stereocenters. The van der Waals surface area contributed by atoms with E-state index in [1.165, 1.54) is 11.1 Å². The van der Waals surface area contributed by atoms with E-state index in [4.69, 9.17) is 23.2 Å². The Morgan fingerprint density at radius 1 is 0.650 bits per heavy atom. The van der Waals surface area contributed by atoms with Crippen molar-refractivity contribution in [3.8, 4) is 0 Å². The summed E-state index contributed by atoms with van der Waals surface area (Å²) in [5.41, 5.74) is 3.78. The maximum atomic E-state index is 6.02. The smallest absolute Gasteiger partial charge is 0.0709 e. The first-order chi connectivity index (χ1) is 9.75. The lowest BCUT2D eigenvalue weighted by Crippen LogP contribution is -1.94. The Bertz CT molecular complexity index is 495. The lowest BCUT2D eigenvalue weighted by molar-refractivity contribution is 0.835. The van der Waals surface area contributed by atoms with Crippen molar-refractivity contribution in [3.05, 3.63) is 81.9 Å². The predicted molar refractivity (Wildman–Crippen MR) is 88.3 cm³/mol. The molecule has 2 aromatic carbocycles. The Balaban J connectivity index is 1.90. The van der Waals surface area contributed by atoms with Crippen LogP contribution in [0.4, 0.5) is 0 Å². The molecular formula is C18H18Cl2. The second kappa shape index (κ2) is 8.14. The fraction of sp³-hybridized carbons (Fsp3) is 0.222. The summed E-state index contributed by atoms with van der Waals surface area (Å²) >= 11 is 12.0. The van der Waals surface area contributed by atoms with Gasteiger partial charge in [0.25, 0.3) is 0 Å². The van der Waals surface area contributed by atoms with Gasteiger partial charge in [0.05, 0.1) is 0 Å². The number of benzene rings is 2. The van der Waals surface area contributed by atoms with Crippen molar-refractivity contribution in [2.45, 2.75) is 25.7 Å². The van der Waals surface area contributed by atoms with Crippen molar-refractivity contribution >= 4 is 23.2 Å². The predicted octanol–water partition coefficient (Wildman–Crippen LogP) is 5.94. The first kappa shape index (κ1) is 15.2. The highest BCUT2D eigenvalue weighted by Crippen LogP contribution is 2.24. The highest BCUT2D eigenvalue weighted by molar-refractivity contribution is 6.56. The SMILES string of the molecule is ClC(Cl)=C(CCc1ccccc1)CCc1ccccc1. The molecule has 0 amide bonds. The average Bonchev–Trinajstić information content (AvgIpc) is 2.49. The van der Waals surface area contributed by atoms with Crippen LogP contribution in [-0.4, -0.2) is 0 Å². The van der Waals surface area contributed by atoms with E-state index in [9.17, 15) is 0 Å². The van der Waals surface area contributed by atoms with E-state index in [0.29, 0.717) is 4.49 Å². The average molecular weight is 305 g/mol. The van der Waals surface area contributed by atoms with Crippen LogP contribution in [0.3, 0.4) is 0 Å². The summed E-state index contributed by atoms with van der Waals surface area (Å²) in [7, 11) is 0. The molecule has 0 fully saturated rings. The lowest BCUT2D eigenvalue weighted by atomic mass is 10.00. The molecule has 0 radical (unpaired) electrons. The molecule has 2 rings (SSSR count). The van der Waals surface area contributed by atoms with E-state index >= 15 is 0 Å². The standard InChI is InChI=1S/C18H18Cl2/c19-18(20)17(13-11-15-7-3-1-4-8-15)14-12-16-9-5-2-6-10-16/h1-10H,11-14H2. The fourth-order valence-corrected chi connectivity index (χ4v) is 2.57. The van der Waals surface area contributed by atoms with Gasteiger partial charge in [-0.25, -0.2) is 0 Å². The van der Waals surface area contributed by atoms with Crippen molar-refractivity contribution in [1.29, 1.82) is 0 Å². The van der Waals surface area contributed by atoms with Gasteiger partial charge in [0, 0.05) is 0 Å². The number of rotatable bonds is 6. The molecular weight excluding hydrogens is 287 g/mol. The maximum absolute atomic E-state index is 6.02. The van der Waals surface area contributed by atoms with Gasteiger partial charge in [-0.1, -0.05) is 83.9 Å². The third-order valence-corrected chi connectivity index (χ3v) is 3.92. The van der Waals surface area contributed by atoms with Crippen LogP contribution in [0.5, 0.6) is 0 Å². The summed E-state index contributed by atoms with van der Waals surface area (Å²) in [6, 6.07) is 20.8. The molecule has 0 aliphatic rings. The second-order valence-corrected chi connectivity index (χ2v) is 5.78. The Labute approximate surface area is 131 Å². The molecule has 0 saturated carbocycles. The van der Waals surface area contributed by atoms with E-state index < -0.39 is 0 Å². The van der Waals surface area contributed by atoms with Gasteiger partial charge < -0.3 is 0 Å². The Hall–Kier alpha value is -1.24. The molecule has 0 aliphatic heterocycles. The van der Waals surface area contributed by atoms with Crippen LogP contribution in [0.15, 0.2) is 70.7 Å². The number of halogens is 2. The molecule has 0 aliphatic carbocycles. The van der Waals surface area contributed by atoms with Crippen LogP contribution in [-0.2, 0) is 12.8 Å². The third-order valence-electron chi connectivity index (χ3n) is 3.38. The molecule has 0 nitrogen and oxygen atoms in total. The van der Waals surface area contributed by atoms with Gasteiger partial charge in [0.15, 0.2) is 0 Å². The van der Waals surface area contributed by atoms with Gasteiger partial charge in [0.2, 0.25) is 0 Å². The van der Waals surface area contributed by atoms with E-state index in [-0.39, 0.29) is 0 Å². The summed E-state index contributed by atoms with van der Waals surface area (Å²) in [6.07, 6.45) is 3.79. The van der Waals surface area contributed by atoms with E-state index in [1.807, 2.05) is 12.1 Å². The van der Waals surface area contributed by atoms with Crippen LogP contribution < -0.4 is 0 Å². The number of aryl methyl sites for hydroxylation is 2. The normalized spacial score (nSPS) is 10.3. The zero-order valence-electron chi connectivity index (χ0n) is 11.4. The summed E-state index contributed by atoms with van der Waals surface area (Å²) < 4.78 is 0.428. The fourth-order valence-electron chi connectivity index (χ4n) is 2.19. The molecule has 0 saturated heterocycles. The minimum absolute atomic E-state index is 0.428. The summed E-state index contributed by atoms with van der Waals surface area (Å²) in [6.45, 7) is 0. The highest BCUT2D eigenvalue weighted by atomic mass is 35.5. The van der Waals surface area contributed by atoms with Gasteiger partial charge in [-0.2, -0.15) is 0 Å². The maximum Gasteiger partial charge on any atom is 0.106 e. The van der Waals surface area contributed by atoms with Crippen LogP contribution in [0.2, 0.25) is 0 Å². The van der Waals surface area contributed by atoms with Gasteiger partial charge in [-0.3, -0.25) is 0 Å². The Morgan fingerprint density at radius 3 is 1.40 bits per heavy atom. The van der Waals surface area contributed by atoms with Gasteiger partial charge in [-0.15, -0.1) is 0 Å². The molecule has 0 spiro atoms. The van der Waals surface area contributed by atoms with Gasteiger partial charge in [0.1, 0.15) is 4.49 Å². The zero-order valence-corrected chi connectivity index (χ0v) is 12.9. The molecule has 104 valence electrons. The van der Waals surface area contributed by atoms with Crippen molar-refractivity contribution in [2.24, 2.45) is 0 Å². The van der Waals surface area contributed by atoms with Crippen molar-refractivity contribution in [3.63, 3.8) is 0 Å². The Morgan fingerprint density at radius 2 is 1.05 bits per heavy atom. The Kier molecular flexibility index (Phi) is 6.17. The van der Waals surface area contributed by atoms with E-state index in [2.05, 4.69) is 48.5 Å². The molecule has 0 aromatic heterocycles. The molecule has 2 heteroatoms. The van der Waals surface area contributed by atoms with Crippen molar-refractivity contribution in [1.82, 2.24) is 0 Å². The molecule has 0 bridgehead atoms. The molecule has 0 heterocycles. The lowest BCUT2D eigenvalue weighted by Gasteiger charge is -2.08. The minimum Gasteiger partial charge on any atom is -0.0709 e. The zero-order chi connectivity index (χ0) is 14.2. The third kappa shape index (κ3) is 5.03. The summed E-state index contributed by atoms with van der Waals surface area (Å²) in [4.78, 5) is 0. The van der Waals surface area contributed by atoms with Gasteiger partial charge >= 0.3 is 0 Å². The van der Waals surface area contributed by atoms with Crippen LogP contribution in [0.1, 0.15) is 24.0 Å². The number of hydrogen-bond donors (Lipinski definition) is 0. The number of allylic oxidation sites excluding steroid dienone is 1. The van der Waals surface area contributed by atoms with E-state index in [1.54, 1.807) is 0 Å². The van der Waals surface area contributed by atoms with Gasteiger partial charge in [-0.05, 0) is 42.4 Å². The van der Waals surface area contributed by atoms with E-state index in [0.717, 1.165) is 31.3 Å². The largest absolute Gasteiger partial charge is 0.106 e. The second-order valence-electron chi connectivity index (χ2n) is 4.84. The molecule has 0 N–H and O–H groups in total. The van der Waals surface area contributed by atoms with Crippen LogP contribution >= 0.6 is 23.2 Å². The number of hydrogen-bond acceptors (Lipinski definition) is 0. The summed E-state index contributed by atoms with van der Waals surface area (Å²) in [5.74, 6) is 0. The van der Waals surface area contributed by atoms with Crippen molar-refractivity contribution in [2.75, 3.05) is 0 Å². The first-order valence-electron chi connectivity index (χ1n) is 6.86. The monoisotopic (exact) mass is 304 g/mol.